The highest BCUT2D eigenvalue weighted by Crippen LogP contribution is 2.63. The summed E-state index contributed by atoms with van der Waals surface area (Å²) in [7, 11) is 0. The van der Waals surface area contributed by atoms with E-state index in [1.54, 1.807) is 0 Å². The zero-order chi connectivity index (χ0) is 35.5. The van der Waals surface area contributed by atoms with Crippen LogP contribution in [0.25, 0.3) is 45.4 Å². The molecule has 5 aromatic rings. The van der Waals surface area contributed by atoms with Crippen LogP contribution in [-0.4, -0.2) is 19.9 Å². The highest BCUT2D eigenvalue weighted by molar-refractivity contribution is 6.30. The third kappa shape index (κ3) is 4.62. The van der Waals surface area contributed by atoms with E-state index in [0.717, 1.165) is 27.9 Å². The molecule has 2 aliphatic carbocycles. The monoisotopic (exact) mass is 668 g/mol. The van der Waals surface area contributed by atoms with E-state index < -0.39 is 0 Å². The molecule has 2 aliphatic rings. The molecule has 252 valence electrons. The molecule has 0 amide bonds. The van der Waals surface area contributed by atoms with Gasteiger partial charge in [-0.15, -0.1) is 0 Å². The lowest BCUT2D eigenvalue weighted by Gasteiger charge is -2.44. The van der Waals surface area contributed by atoms with Crippen molar-refractivity contribution in [1.82, 2.24) is 19.9 Å². The molecule has 0 bridgehead atoms. The maximum atomic E-state index is 6.14. The molecule has 3 aromatic carbocycles. The van der Waals surface area contributed by atoms with Crippen molar-refractivity contribution in [2.45, 2.75) is 105 Å². The first-order valence-electron chi connectivity index (χ1n) is 17.5. The summed E-state index contributed by atoms with van der Waals surface area (Å²) in [6.45, 7) is 28.6. The summed E-state index contributed by atoms with van der Waals surface area (Å²) >= 11 is 6.14. The Balaban J connectivity index is 1.40. The summed E-state index contributed by atoms with van der Waals surface area (Å²) in [5.41, 5.74) is 10.3. The molecule has 5 heteroatoms. The average Bonchev–Trinajstić information content (AvgIpc) is 3.24. The number of rotatable bonds is 4. The second-order valence-corrected chi connectivity index (χ2v) is 18.0. The molecule has 0 radical (unpaired) electrons. The Morgan fingerprint density at radius 1 is 0.408 bits per heavy atom. The quantitative estimate of drug-likeness (QED) is 0.191. The summed E-state index contributed by atoms with van der Waals surface area (Å²) in [6, 6.07) is 25.5. The van der Waals surface area contributed by atoms with E-state index >= 15 is 0 Å². The molecular formula is C44H49ClN4. The Morgan fingerprint density at radius 2 is 0.776 bits per heavy atom. The van der Waals surface area contributed by atoms with E-state index in [-0.39, 0.29) is 32.5 Å². The van der Waals surface area contributed by atoms with Gasteiger partial charge in [0.2, 0.25) is 0 Å². The molecule has 0 atom stereocenters. The van der Waals surface area contributed by atoms with Gasteiger partial charge in [0.25, 0.3) is 0 Å². The van der Waals surface area contributed by atoms with Crippen molar-refractivity contribution in [1.29, 1.82) is 0 Å². The van der Waals surface area contributed by atoms with Crippen LogP contribution in [0, 0.1) is 10.8 Å². The first-order chi connectivity index (χ1) is 22.7. The highest BCUT2D eigenvalue weighted by atomic mass is 35.5. The average molecular weight is 669 g/mol. The summed E-state index contributed by atoms with van der Waals surface area (Å²) in [5, 5.41) is 0.703. The Bertz CT molecular complexity index is 2010. The van der Waals surface area contributed by atoms with Crippen LogP contribution in [0.4, 0.5) is 0 Å². The zero-order valence-corrected chi connectivity index (χ0v) is 31.9. The molecular weight excluding hydrogens is 620 g/mol. The molecule has 0 saturated heterocycles. The number of nitrogens with zero attached hydrogens (tertiary/aromatic N) is 4. The summed E-state index contributed by atoms with van der Waals surface area (Å²) in [5.74, 6) is 1.95. The summed E-state index contributed by atoms with van der Waals surface area (Å²) in [6.07, 6.45) is 1.86. The van der Waals surface area contributed by atoms with Gasteiger partial charge in [-0.1, -0.05) is 131 Å². The lowest BCUT2D eigenvalue weighted by molar-refractivity contribution is 0.125. The Kier molecular flexibility index (Phi) is 7.24. The van der Waals surface area contributed by atoms with Gasteiger partial charge in [0.05, 0.1) is 5.69 Å². The number of halogens is 1. The highest BCUT2D eigenvalue weighted by Gasteiger charge is 2.58. The number of aromatic nitrogens is 4. The minimum atomic E-state index is -0.0346. The summed E-state index contributed by atoms with van der Waals surface area (Å²) < 4.78 is 0. The smallest absolute Gasteiger partial charge is 0.165 e. The predicted molar refractivity (Wildman–Crippen MR) is 204 cm³/mol. The van der Waals surface area contributed by atoms with Gasteiger partial charge in [0.15, 0.2) is 17.5 Å². The van der Waals surface area contributed by atoms with Gasteiger partial charge >= 0.3 is 0 Å². The lowest BCUT2D eigenvalue weighted by atomic mass is 9.59. The van der Waals surface area contributed by atoms with Gasteiger partial charge in [0.1, 0.15) is 0 Å². The van der Waals surface area contributed by atoms with Crippen LogP contribution >= 0.6 is 11.6 Å². The van der Waals surface area contributed by atoms with Crippen molar-refractivity contribution >= 4 is 11.6 Å². The fraction of sp³-hybridized carbons (Fsp3) is 0.409. The van der Waals surface area contributed by atoms with Gasteiger partial charge in [-0.3, -0.25) is 4.98 Å². The van der Waals surface area contributed by atoms with Gasteiger partial charge < -0.3 is 0 Å². The Morgan fingerprint density at radius 3 is 1.18 bits per heavy atom. The second-order valence-electron chi connectivity index (χ2n) is 17.5. The normalized spacial score (nSPS) is 20.1. The minimum absolute atomic E-state index is 0.0239. The standard InChI is InChI=1S/C44H49ClN4/c1-39(2)31-20-15-27(23-33(31)41(5,6)43(39,9)10)36-47-37(28-16-21-32-34(24-28)42(7,8)44(11,12)40(32,3)4)49-38(48-36)29-17-22-35(46-25-29)26-13-18-30(45)19-14-26/h13-25H,1-12H3. The number of fused-ring (bicyclic) bond motifs is 2. The van der Waals surface area contributed by atoms with Crippen LogP contribution in [0.15, 0.2) is 79.0 Å². The zero-order valence-electron chi connectivity index (χ0n) is 31.2. The fourth-order valence-electron chi connectivity index (χ4n) is 8.48. The largest absolute Gasteiger partial charge is 0.255 e. The maximum Gasteiger partial charge on any atom is 0.165 e. The van der Waals surface area contributed by atoms with E-state index in [1.807, 2.05) is 42.6 Å². The minimum Gasteiger partial charge on any atom is -0.255 e. The molecule has 2 heterocycles. The van der Waals surface area contributed by atoms with Crippen LogP contribution < -0.4 is 0 Å². The van der Waals surface area contributed by atoms with Crippen LogP contribution in [0.1, 0.15) is 105 Å². The Hall–Kier alpha value is -3.89. The molecule has 2 aromatic heterocycles. The van der Waals surface area contributed by atoms with E-state index in [9.17, 15) is 0 Å². The first-order valence-corrected chi connectivity index (χ1v) is 17.9. The number of benzene rings is 3. The number of pyridine rings is 1. The number of hydrogen-bond donors (Lipinski definition) is 0. The molecule has 49 heavy (non-hydrogen) atoms. The molecule has 0 saturated carbocycles. The van der Waals surface area contributed by atoms with Gasteiger partial charge in [-0.05, 0) is 91.1 Å². The van der Waals surface area contributed by atoms with E-state index in [2.05, 4.69) is 119 Å². The number of hydrogen-bond acceptors (Lipinski definition) is 4. The second kappa shape index (κ2) is 10.6. The lowest BCUT2D eigenvalue weighted by Crippen LogP contribution is -2.42. The van der Waals surface area contributed by atoms with Crippen molar-refractivity contribution in [3.63, 3.8) is 0 Å². The molecule has 0 aliphatic heterocycles. The van der Waals surface area contributed by atoms with Crippen molar-refractivity contribution < 1.29 is 0 Å². The van der Waals surface area contributed by atoms with Crippen LogP contribution in [0.3, 0.4) is 0 Å². The van der Waals surface area contributed by atoms with E-state index in [0.29, 0.717) is 22.5 Å². The third-order valence-electron chi connectivity index (χ3n) is 14.3. The van der Waals surface area contributed by atoms with Gasteiger partial charge in [-0.25, -0.2) is 15.0 Å². The van der Waals surface area contributed by atoms with Crippen molar-refractivity contribution in [2.75, 3.05) is 0 Å². The molecule has 0 unspecified atom stereocenters. The van der Waals surface area contributed by atoms with Crippen LogP contribution in [0.2, 0.25) is 5.02 Å². The van der Waals surface area contributed by atoms with Gasteiger partial charge in [-0.2, -0.15) is 0 Å². The SMILES string of the molecule is CC1(C)c2ccc(-c3nc(-c4ccc(-c5ccc(Cl)cc5)nc4)nc(-c4ccc5c(c4)C(C)(C)C(C)(C)C5(C)C)n3)cc2C(C)(C)C1(C)C. The molecule has 0 spiro atoms. The molecule has 4 nitrogen and oxygen atoms in total. The predicted octanol–water partition coefficient (Wildman–Crippen LogP) is 11.8. The van der Waals surface area contributed by atoms with E-state index in [4.69, 9.17) is 31.5 Å². The molecule has 0 fully saturated rings. The van der Waals surface area contributed by atoms with Crippen molar-refractivity contribution in [3.05, 3.63) is 106 Å². The van der Waals surface area contributed by atoms with Crippen LogP contribution in [-0.2, 0) is 21.7 Å². The Labute approximate surface area is 297 Å². The molecule has 7 rings (SSSR count). The first kappa shape index (κ1) is 33.6. The maximum absolute atomic E-state index is 6.14. The topological polar surface area (TPSA) is 51.6 Å². The molecule has 0 N–H and O–H groups in total. The van der Waals surface area contributed by atoms with Crippen molar-refractivity contribution in [2.24, 2.45) is 10.8 Å². The van der Waals surface area contributed by atoms with Crippen LogP contribution in [0.5, 0.6) is 0 Å². The summed E-state index contributed by atoms with van der Waals surface area (Å²) in [4.78, 5) is 20.3. The third-order valence-corrected chi connectivity index (χ3v) is 14.5. The fourth-order valence-corrected chi connectivity index (χ4v) is 8.61. The van der Waals surface area contributed by atoms with Crippen molar-refractivity contribution in [3.8, 4) is 45.4 Å². The van der Waals surface area contributed by atoms with Gasteiger partial charge in [0, 0.05) is 33.5 Å². The van der Waals surface area contributed by atoms with E-state index in [1.165, 1.54) is 22.3 Å².